The van der Waals surface area contributed by atoms with Crippen LogP contribution in [-0.4, -0.2) is 24.3 Å². The van der Waals surface area contributed by atoms with Crippen LogP contribution in [0.4, 0.5) is 0 Å². The van der Waals surface area contributed by atoms with Gasteiger partial charge in [0.2, 0.25) is 0 Å². The third-order valence-corrected chi connectivity index (χ3v) is 1.96. The first kappa shape index (κ1) is 12.5. The van der Waals surface area contributed by atoms with Crippen molar-refractivity contribution in [2.24, 2.45) is 0 Å². The first-order chi connectivity index (χ1) is 7.76. The Morgan fingerprint density at radius 2 is 2.25 bits per heavy atom. The summed E-state index contributed by atoms with van der Waals surface area (Å²) < 4.78 is 10.1. The predicted molar refractivity (Wildman–Crippen MR) is 59.1 cm³/mol. The SMILES string of the molecule is CCOC(=O)CCOc1cccc(CO)c1. The van der Waals surface area contributed by atoms with Gasteiger partial charge >= 0.3 is 5.97 Å². The minimum atomic E-state index is -0.263. The Bertz CT molecular complexity index is 336. The maximum absolute atomic E-state index is 11.0. The lowest BCUT2D eigenvalue weighted by atomic mass is 10.2. The summed E-state index contributed by atoms with van der Waals surface area (Å²) >= 11 is 0. The van der Waals surface area contributed by atoms with E-state index in [1.807, 2.05) is 0 Å². The third kappa shape index (κ3) is 4.31. The highest BCUT2D eigenvalue weighted by atomic mass is 16.5. The van der Waals surface area contributed by atoms with Gasteiger partial charge in [-0.15, -0.1) is 0 Å². The van der Waals surface area contributed by atoms with Crippen molar-refractivity contribution in [3.8, 4) is 5.75 Å². The zero-order valence-corrected chi connectivity index (χ0v) is 9.31. The third-order valence-electron chi connectivity index (χ3n) is 1.96. The van der Waals surface area contributed by atoms with E-state index >= 15 is 0 Å². The van der Waals surface area contributed by atoms with Crippen molar-refractivity contribution in [2.45, 2.75) is 20.0 Å². The molecule has 0 spiro atoms. The summed E-state index contributed by atoms with van der Waals surface area (Å²) in [5.41, 5.74) is 0.786. The van der Waals surface area contributed by atoms with Gasteiger partial charge in [0.15, 0.2) is 0 Å². The summed E-state index contributed by atoms with van der Waals surface area (Å²) in [4.78, 5) is 11.0. The number of hydrogen-bond donors (Lipinski definition) is 1. The molecule has 0 atom stereocenters. The second kappa shape index (κ2) is 6.85. The van der Waals surface area contributed by atoms with Crippen LogP contribution < -0.4 is 4.74 Å². The van der Waals surface area contributed by atoms with E-state index in [1.165, 1.54) is 0 Å². The van der Waals surface area contributed by atoms with Gasteiger partial charge in [-0.25, -0.2) is 0 Å². The highest BCUT2D eigenvalue weighted by Gasteiger charge is 2.02. The molecule has 1 aromatic carbocycles. The average molecular weight is 224 g/mol. The number of aliphatic hydroxyl groups is 1. The van der Waals surface area contributed by atoms with Crippen LogP contribution in [0.2, 0.25) is 0 Å². The zero-order valence-electron chi connectivity index (χ0n) is 9.31. The molecule has 16 heavy (non-hydrogen) atoms. The van der Waals surface area contributed by atoms with Crippen molar-refractivity contribution in [2.75, 3.05) is 13.2 Å². The van der Waals surface area contributed by atoms with Crippen molar-refractivity contribution in [3.05, 3.63) is 29.8 Å². The van der Waals surface area contributed by atoms with Crippen LogP contribution in [0.25, 0.3) is 0 Å². The van der Waals surface area contributed by atoms with Gasteiger partial charge in [-0.2, -0.15) is 0 Å². The normalized spacial score (nSPS) is 9.88. The van der Waals surface area contributed by atoms with Gasteiger partial charge in [-0.3, -0.25) is 4.79 Å². The summed E-state index contributed by atoms with van der Waals surface area (Å²) in [7, 11) is 0. The van der Waals surface area contributed by atoms with Gasteiger partial charge in [0.1, 0.15) is 5.75 Å². The van der Waals surface area contributed by atoms with Crippen LogP contribution in [-0.2, 0) is 16.1 Å². The Balaban J connectivity index is 2.34. The van der Waals surface area contributed by atoms with E-state index < -0.39 is 0 Å². The van der Waals surface area contributed by atoms with Crippen LogP contribution in [0.1, 0.15) is 18.9 Å². The summed E-state index contributed by atoms with van der Waals surface area (Å²) in [6.07, 6.45) is 0.233. The predicted octanol–water partition coefficient (Wildman–Crippen LogP) is 1.51. The van der Waals surface area contributed by atoms with Crippen molar-refractivity contribution in [3.63, 3.8) is 0 Å². The second-order valence-electron chi connectivity index (χ2n) is 3.21. The molecule has 0 unspecified atom stereocenters. The van der Waals surface area contributed by atoms with E-state index in [2.05, 4.69) is 0 Å². The van der Waals surface area contributed by atoms with Crippen LogP contribution in [0.5, 0.6) is 5.75 Å². The fourth-order valence-corrected chi connectivity index (χ4v) is 1.22. The van der Waals surface area contributed by atoms with Gasteiger partial charge in [0.05, 0.1) is 26.2 Å². The minimum Gasteiger partial charge on any atom is -0.493 e. The van der Waals surface area contributed by atoms with Crippen LogP contribution >= 0.6 is 0 Å². The summed E-state index contributed by atoms with van der Waals surface area (Å²) in [5, 5.41) is 8.92. The van der Waals surface area contributed by atoms with Gasteiger partial charge in [-0.05, 0) is 24.6 Å². The van der Waals surface area contributed by atoms with Crippen molar-refractivity contribution in [1.82, 2.24) is 0 Å². The smallest absolute Gasteiger partial charge is 0.309 e. The monoisotopic (exact) mass is 224 g/mol. The second-order valence-corrected chi connectivity index (χ2v) is 3.21. The highest BCUT2D eigenvalue weighted by molar-refractivity contribution is 5.69. The number of ether oxygens (including phenoxy) is 2. The number of benzene rings is 1. The average Bonchev–Trinajstić information content (AvgIpc) is 2.30. The maximum atomic E-state index is 11.0. The zero-order chi connectivity index (χ0) is 11.8. The summed E-state index contributed by atoms with van der Waals surface area (Å²) in [6, 6.07) is 7.12. The summed E-state index contributed by atoms with van der Waals surface area (Å²) in [6.45, 7) is 2.42. The molecule has 0 heterocycles. The molecule has 0 saturated heterocycles. The first-order valence-electron chi connectivity index (χ1n) is 5.24. The summed E-state index contributed by atoms with van der Waals surface area (Å²) in [5.74, 6) is 0.386. The fourth-order valence-electron chi connectivity index (χ4n) is 1.22. The van der Waals surface area contributed by atoms with Crippen molar-refractivity contribution >= 4 is 5.97 Å². The Hall–Kier alpha value is -1.55. The lowest BCUT2D eigenvalue weighted by Gasteiger charge is -2.06. The molecule has 0 aromatic heterocycles. The van der Waals surface area contributed by atoms with E-state index in [-0.39, 0.29) is 25.6 Å². The lowest BCUT2D eigenvalue weighted by Crippen LogP contribution is -2.09. The lowest BCUT2D eigenvalue weighted by molar-refractivity contribution is -0.143. The Morgan fingerprint density at radius 3 is 2.94 bits per heavy atom. The molecule has 0 radical (unpaired) electrons. The Kier molecular flexibility index (Phi) is 5.36. The van der Waals surface area contributed by atoms with Crippen molar-refractivity contribution < 1.29 is 19.4 Å². The van der Waals surface area contributed by atoms with Gasteiger partial charge in [0, 0.05) is 0 Å². The fraction of sp³-hybridized carbons (Fsp3) is 0.417. The van der Waals surface area contributed by atoms with Crippen LogP contribution in [0.3, 0.4) is 0 Å². The van der Waals surface area contributed by atoms with E-state index in [0.717, 1.165) is 5.56 Å². The molecule has 4 heteroatoms. The molecule has 0 bridgehead atoms. The standard InChI is InChI=1S/C12H16O4/c1-2-15-12(14)6-7-16-11-5-3-4-10(8-11)9-13/h3-5,8,13H,2,6-7,9H2,1H3. The van der Waals surface area contributed by atoms with Crippen molar-refractivity contribution in [1.29, 1.82) is 0 Å². The molecule has 1 rings (SSSR count). The molecule has 1 aromatic rings. The molecule has 0 fully saturated rings. The highest BCUT2D eigenvalue weighted by Crippen LogP contribution is 2.13. The quantitative estimate of drug-likeness (QED) is 0.744. The van der Waals surface area contributed by atoms with E-state index in [0.29, 0.717) is 12.4 Å². The number of carbonyl (C=O) groups is 1. The van der Waals surface area contributed by atoms with Crippen LogP contribution in [0.15, 0.2) is 24.3 Å². The number of carbonyl (C=O) groups excluding carboxylic acids is 1. The van der Waals surface area contributed by atoms with Gasteiger partial charge in [-0.1, -0.05) is 12.1 Å². The molecule has 88 valence electrons. The largest absolute Gasteiger partial charge is 0.493 e. The van der Waals surface area contributed by atoms with E-state index in [4.69, 9.17) is 14.6 Å². The number of esters is 1. The molecule has 0 saturated carbocycles. The van der Waals surface area contributed by atoms with Gasteiger partial charge in [0.25, 0.3) is 0 Å². The number of hydrogen-bond acceptors (Lipinski definition) is 4. The Morgan fingerprint density at radius 1 is 1.44 bits per heavy atom. The van der Waals surface area contributed by atoms with Crippen LogP contribution in [0, 0.1) is 0 Å². The number of rotatable bonds is 6. The molecule has 0 aliphatic carbocycles. The molecular weight excluding hydrogens is 208 g/mol. The molecule has 4 nitrogen and oxygen atoms in total. The molecule has 0 aliphatic rings. The molecule has 0 aliphatic heterocycles. The number of aliphatic hydroxyl groups excluding tert-OH is 1. The first-order valence-corrected chi connectivity index (χ1v) is 5.24. The van der Waals surface area contributed by atoms with Gasteiger partial charge < -0.3 is 14.6 Å². The molecular formula is C12H16O4. The molecule has 1 N–H and O–H groups in total. The maximum Gasteiger partial charge on any atom is 0.309 e. The topological polar surface area (TPSA) is 55.8 Å². The van der Waals surface area contributed by atoms with E-state index in [1.54, 1.807) is 31.2 Å². The Labute approximate surface area is 94.8 Å². The van der Waals surface area contributed by atoms with E-state index in [9.17, 15) is 4.79 Å². The molecule has 0 amide bonds. The minimum absolute atomic E-state index is 0.0188.